The molecule has 1 N–H and O–H groups in total. The molecule has 0 bridgehead atoms. The predicted octanol–water partition coefficient (Wildman–Crippen LogP) is 6.87. The largest absolute Gasteiger partial charge is 0.361 e. The van der Waals surface area contributed by atoms with Crippen molar-refractivity contribution >= 4 is 16.6 Å². The van der Waals surface area contributed by atoms with Crippen LogP contribution in [0.25, 0.3) is 10.8 Å². The van der Waals surface area contributed by atoms with Gasteiger partial charge in [0.2, 0.25) is 0 Å². The molecule has 3 aromatic carbocycles. The van der Waals surface area contributed by atoms with Crippen molar-refractivity contribution in [3.05, 3.63) is 82.4 Å². The first-order valence-electron chi connectivity index (χ1n) is 14.0. The summed E-state index contributed by atoms with van der Waals surface area (Å²) in [6.45, 7) is 13.2. The molecule has 1 saturated heterocycles. The number of hydrogen-bond acceptors (Lipinski definition) is 4. The van der Waals surface area contributed by atoms with Crippen molar-refractivity contribution in [1.29, 1.82) is 5.26 Å². The number of aliphatic imine (C=N–C) groups is 1. The first-order valence-corrected chi connectivity index (χ1v) is 14.0. The number of likely N-dealkylation sites (tertiary alicyclic amines) is 1. The van der Waals surface area contributed by atoms with Gasteiger partial charge in [-0.15, -0.1) is 0 Å². The Balaban J connectivity index is 1.30. The zero-order valence-electron chi connectivity index (χ0n) is 22.8. The molecule has 0 aliphatic carbocycles. The summed E-state index contributed by atoms with van der Waals surface area (Å²) >= 11 is 0. The van der Waals surface area contributed by atoms with Crippen molar-refractivity contribution in [2.75, 3.05) is 19.6 Å². The van der Waals surface area contributed by atoms with E-state index >= 15 is 0 Å². The summed E-state index contributed by atoms with van der Waals surface area (Å²) in [7, 11) is 0. The van der Waals surface area contributed by atoms with E-state index in [1.54, 1.807) is 0 Å². The predicted molar refractivity (Wildman–Crippen MR) is 154 cm³/mol. The Morgan fingerprint density at radius 3 is 2.46 bits per heavy atom. The summed E-state index contributed by atoms with van der Waals surface area (Å²) in [6.07, 6.45) is 3.63. The van der Waals surface area contributed by atoms with Crippen molar-refractivity contribution in [3.8, 4) is 6.07 Å². The van der Waals surface area contributed by atoms with E-state index in [-0.39, 0.29) is 6.04 Å². The molecule has 5 rings (SSSR count). The molecule has 2 aliphatic heterocycles. The van der Waals surface area contributed by atoms with Crippen LogP contribution in [-0.4, -0.2) is 30.4 Å². The summed E-state index contributed by atoms with van der Waals surface area (Å²) in [5.74, 6) is 3.15. The van der Waals surface area contributed by atoms with Gasteiger partial charge >= 0.3 is 0 Å². The summed E-state index contributed by atoms with van der Waals surface area (Å²) in [5.41, 5.74) is 5.62. The average Bonchev–Trinajstić information content (AvgIpc) is 3.35. The Morgan fingerprint density at radius 2 is 1.73 bits per heavy atom. The van der Waals surface area contributed by atoms with Crippen molar-refractivity contribution in [2.24, 2.45) is 22.7 Å². The molecule has 0 aromatic heterocycles. The van der Waals surface area contributed by atoms with Crippen LogP contribution >= 0.6 is 0 Å². The first-order chi connectivity index (χ1) is 17.9. The van der Waals surface area contributed by atoms with E-state index in [0.717, 1.165) is 52.9 Å². The maximum atomic E-state index is 9.72. The van der Waals surface area contributed by atoms with E-state index in [1.165, 1.54) is 42.3 Å². The SMILES string of the molecule is CC(C)CCC1CN(Cc2ccc(C3=NCC(c4ccc(CC(C)C)c(C#N)c4)N3)c3ccccc23)C1. The third-order valence-corrected chi connectivity index (χ3v) is 7.88. The fourth-order valence-corrected chi connectivity index (χ4v) is 5.83. The van der Waals surface area contributed by atoms with Gasteiger partial charge in [0.15, 0.2) is 0 Å². The highest BCUT2D eigenvalue weighted by Crippen LogP contribution is 2.30. The maximum Gasteiger partial charge on any atom is 0.129 e. The molecule has 0 radical (unpaired) electrons. The van der Waals surface area contributed by atoms with E-state index in [1.807, 2.05) is 0 Å². The highest BCUT2D eigenvalue weighted by molar-refractivity contribution is 6.11. The smallest absolute Gasteiger partial charge is 0.129 e. The Hall–Kier alpha value is -3.16. The lowest BCUT2D eigenvalue weighted by Crippen LogP contribution is -2.45. The Kier molecular flexibility index (Phi) is 7.63. The molecule has 37 heavy (non-hydrogen) atoms. The van der Waals surface area contributed by atoms with Crippen LogP contribution < -0.4 is 5.32 Å². The van der Waals surface area contributed by atoms with E-state index in [9.17, 15) is 5.26 Å². The molecular weight excluding hydrogens is 452 g/mol. The van der Waals surface area contributed by atoms with Crippen LogP contribution in [0.15, 0.2) is 59.6 Å². The van der Waals surface area contributed by atoms with Crippen molar-refractivity contribution in [1.82, 2.24) is 10.2 Å². The second kappa shape index (κ2) is 11.1. The monoisotopic (exact) mass is 492 g/mol. The van der Waals surface area contributed by atoms with Gasteiger partial charge in [-0.3, -0.25) is 9.89 Å². The fraction of sp³-hybridized carbons (Fsp3) is 0.455. The highest BCUT2D eigenvalue weighted by Gasteiger charge is 2.27. The van der Waals surface area contributed by atoms with Gasteiger partial charge in [0.1, 0.15) is 5.84 Å². The number of nitriles is 1. The number of rotatable bonds is 9. The molecule has 0 saturated carbocycles. The van der Waals surface area contributed by atoms with Crippen molar-refractivity contribution in [3.63, 3.8) is 0 Å². The van der Waals surface area contributed by atoms with Crippen molar-refractivity contribution in [2.45, 2.75) is 59.5 Å². The number of nitrogens with one attached hydrogen (secondary N) is 1. The van der Waals surface area contributed by atoms with E-state index in [0.29, 0.717) is 12.5 Å². The second-order valence-corrected chi connectivity index (χ2v) is 11.9. The van der Waals surface area contributed by atoms with Crippen molar-refractivity contribution < 1.29 is 0 Å². The molecule has 4 heteroatoms. The summed E-state index contributed by atoms with van der Waals surface area (Å²) in [6, 6.07) is 22.1. The number of hydrogen-bond donors (Lipinski definition) is 1. The number of benzene rings is 3. The first kappa shape index (κ1) is 25.5. The van der Waals surface area contributed by atoms with Gasteiger partial charge in [-0.1, -0.05) is 82.6 Å². The third-order valence-electron chi connectivity index (χ3n) is 7.88. The summed E-state index contributed by atoms with van der Waals surface area (Å²) in [4.78, 5) is 7.50. The van der Waals surface area contributed by atoms with Crippen LogP contribution in [0.3, 0.4) is 0 Å². The topological polar surface area (TPSA) is 51.4 Å². The van der Waals surface area contributed by atoms with E-state index in [4.69, 9.17) is 4.99 Å². The average molecular weight is 493 g/mol. The van der Waals surface area contributed by atoms with Gasteiger partial charge in [0.25, 0.3) is 0 Å². The van der Waals surface area contributed by atoms with Gasteiger partial charge in [0.05, 0.1) is 24.2 Å². The lowest BCUT2D eigenvalue weighted by atomic mass is 9.90. The lowest BCUT2D eigenvalue weighted by Gasteiger charge is -2.40. The Morgan fingerprint density at radius 1 is 0.973 bits per heavy atom. The molecule has 3 aromatic rings. The molecular formula is C33H40N4. The quantitative estimate of drug-likeness (QED) is 0.355. The van der Waals surface area contributed by atoms with Gasteiger partial charge in [0, 0.05) is 25.2 Å². The second-order valence-electron chi connectivity index (χ2n) is 11.9. The maximum absolute atomic E-state index is 9.72. The van der Waals surface area contributed by atoms with Gasteiger partial charge in [-0.05, 0) is 64.1 Å². The zero-order valence-corrected chi connectivity index (χ0v) is 22.8. The zero-order chi connectivity index (χ0) is 25.9. The van der Waals surface area contributed by atoms with Gasteiger partial charge in [-0.2, -0.15) is 5.26 Å². The molecule has 1 atom stereocenters. The minimum absolute atomic E-state index is 0.0949. The van der Waals surface area contributed by atoms with Crippen LogP contribution in [-0.2, 0) is 13.0 Å². The van der Waals surface area contributed by atoms with Crippen LogP contribution in [0, 0.1) is 29.1 Å². The molecule has 0 spiro atoms. The van der Waals surface area contributed by atoms with Crippen LogP contribution in [0.5, 0.6) is 0 Å². The number of fused-ring (bicyclic) bond motifs is 1. The highest BCUT2D eigenvalue weighted by atomic mass is 15.2. The van der Waals surface area contributed by atoms with Crippen LogP contribution in [0.1, 0.15) is 74.4 Å². The molecule has 1 unspecified atom stereocenters. The number of nitrogens with zero attached hydrogens (tertiary/aromatic N) is 3. The molecule has 192 valence electrons. The van der Waals surface area contributed by atoms with E-state index < -0.39 is 0 Å². The summed E-state index contributed by atoms with van der Waals surface area (Å²) < 4.78 is 0. The Labute approximate surface area is 222 Å². The fourth-order valence-electron chi connectivity index (χ4n) is 5.83. The Bertz CT molecular complexity index is 1320. The molecule has 2 heterocycles. The number of amidine groups is 1. The molecule has 1 fully saturated rings. The molecule has 4 nitrogen and oxygen atoms in total. The van der Waals surface area contributed by atoms with E-state index in [2.05, 4.69) is 98.6 Å². The van der Waals surface area contributed by atoms with Crippen LogP contribution in [0.4, 0.5) is 0 Å². The molecule has 2 aliphatic rings. The minimum atomic E-state index is 0.0949. The van der Waals surface area contributed by atoms with Gasteiger partial charge < -0.3 is 5.32 Å². The lowest BCUT2D eigenvalue weighted by molar-refractivity contribution is 0.0830. The van der Waals surface area contributed by atoms with Gasteiger partial charge in [-0.25, -0.2) is 0 Å². The summed E-state index contributed by atoms with van der Waals surface area (Å²) in [5, 5.41) is 16.0. The third kappa shape index (κ3) is 5.73. The molecule has 0 amide bonds. The standard InChI is InChI=1S/C33H40N4/c1-22(2)9-10-24-19-37(20-24)21-27-13-14-31(30-8-6-5-7-29(27)30)33-35-18-32(36-33)26-12-11-25(15-23(3)4)28(16-26)17-34/h5-8,11-14,16,22-24,32H,9-10,15,18-21H2,1-4H3,(H,35,36). The normalized spacial score (nSPS) is 18.2. The minimum Gasteiger partial charge on any atom is -0.361 e. The van der Waals surface area contributed by atoms with Crippen LogP contribution in [0.2, 0.25) is 0 Å².